The molecule has 0 spiro atoms. The molecule has 0 aromatic carbocycles. The van der Waals surface area contributed by atoms with Crippen molar-refractivity contribution in [1.29, 1.82) is 0 Å². The first-order valence-corrected chi connectivity index (χ1v) is 5.88. The van der Waals surface area contributed by atoms with Crippen LogP contribution in [0.15, 0.2) is 0 Å². The summed E-state index contributed by atoms with van der Waals surface area (Å²) in [6, 6.07) is 0.377. The molecule has 2 aliphatic rings. The Hall–Kier alpha value is -0.610. The van der Waals surface area contributed by atoms with Crippen molar-refractivity contribution in [3.8, 4) is 0 Å². The van der Waals surface area contributed by atoms with E-state index in [1.54, 1.807) is 0 Å². The van der Waals surface area contributed by atoms with Gasteiger partial charge in [-0.2, -0.15) is 0 Å². The van der Waals surface area contributed by atoms with Crippen LogP contribution in [0.25, 0.3) is 0 Å². The van der Waals surface area contributed by atoms with Crippen molar-refractivity contribution in [3.05, 3.63) is 0 Å². The smallest absolute Gasteiger partial charge is 0.221 e. The number of hydrogen-bond acceptors (Lipinski definition) is 3. The minimum Gasteiger partial charge on any atom is -0.381 e. The molecule has 1 saturated heterocycles. The van der Waals surface area contributed by atoms with Crippen molar-refractivity contribution in [2.24, 2.45) is 11.7 Å². The number of amides is 1. The molecule has 0 aromatic heterocycles. The highest BCUT2D eigenvalue weighted by atomic mass is 16.5. The van der Waals surface area contributed by atoms with Crippen molar-refractivity contribution in [2.75, 3.05) is 13.2 Å². The number of ether oxygens (including phenoxy) is 1. The van der Waals surface area contributed by atoms with Gasteiger partial charge in [-0.15, -0.1) is 0 Å². The van der Waals surface area contributed by atoms with Crippen LogP contribution in [0.3, 0.4) is 0 Å². The van der Waals surface area contributed by atoms with Crippen LogP contribution in [0.1, 0.15) is 32.1 Å². The summed E-state index contributed by atoms with van der Waals surface area (Å²) in [5.74, 6) is 0.715. The molecule has 1 aliphatic carbocycles. The third-order valence-corrected chi connectivity index (χ3v) is 3.24. The zero-order chi connectivity index (χ0) is 10.7. The van der Waals surface area contributed by atoms with E-state index < -0.39 is 0 Å². The first kappa shape index (κ1) is 10.9. The molecular formula is C11H20N2O2. The van der Waals surface area contributed by atoms with Gasteiger partial charge < -0.3 is 15.8 Å². The molecule has 4 nitrogen and oxygen atoms in total. The van der Waals surface area contributed by atoms with Crippen LogP contribution in [-0.2, 0) is 9.53 Å². The molecule has 0 radical (unpaired) electrons. The standard InChI is InChI=1S/C11H20N2O2/c12-10(8-1-2-8)7-11(14)13-9-3-5-15-6-4-9/h8-10H,1-7,12H2,(H,13,14). The number of nitrogens with one attached hydrogen (secondary N) is 1. The van der Waals surface area contributed by atoms with E-state index in [1.807, 2.05) is 0 Å². The fourth-order valence-corrected chi connectivity index (χ4v) is 2.03. The van der Waals surface area contributed by atoms with E-state index in [9.17, 15) is 4.79 Å². The second-order valence-electron chi connectivity index (χ2n) is 4.66. The van der Waals surface area contributed by atoms with Crippen LogP contribution >= 0.6 is 0 Å². The summed E-state index contributed by atoms with van der Waals surface area (Å²) in [5, 5.41) is 3.03. The molecule has 1 heterocycles. The summed E-state index contributed by atoms with van der Waals surface area (Å²) in [7, 11) is 0. The van der Waals surface area contributed by atoms with Crippen molar-refractivity contribution >= 4 is 5.91 Å². The second kappa shape index (κ2) is 4.94. The number of carbonyl (C=O) groups is 1. The lowest BCUT2D eigenvalue weighted by Gasteiger charge is -2.23. The number of carbonyl (C=O) groups excluding carboxylic acids is 1. The molecule has 4 heteroatoms. The van der Waals surface area contributed by atoms with Gasteiger partial charge >= 0.3 is 0 Å². The Kier molecular flexibility index (Phi) is 3.59. The molecular weight excluding hydrogens is 192 g/mol. The van der Waals surface area contributed by atoms with Gasteiger partial charge in [-0.05, 0) is 31.6 Å². The highest BCUT2D eigenvalue weighted by Gasteiger charge is 2.30. The molecule has 1 unspecified atom stereocenters. The molecule has 1 atom stereocenters. The van der Waals surface area contributed by atoms with Gasteiger partial charge in [0.25, 0.3) is 0 Å². The molecule has 15 heavy (non-hydrogen) atoms. The van der Waals surface area contributed by atoms with E-state index in [4.69, 9.17) is 10.5 Å². The van der Waals surface area contributed by atoms with Crippen LogP contribution in [0.5, 0.6) is 0 Å². The number of nitrogens with two attached hydrogens (primary N) is 1. The van der Waals surface area contributed by atoms with Gasteiger partial charge in [0, 0.05) is 31.7 Å². The molecule has 0 bridgehead atoms. The zero-order valence-electron chi connectivity index (χ0n) is 9.08. The largest absolute Gasteiger partial charge is 0.381 e. The fourth-order valence-electron chi connectivity index (χ4n) is 2.03. The molecule has 0 aromatic rings. The molecule has 86 valence electrons. The summed E-state index contributed by atoms with van der Waals surface area (Å²) in [6.07, 6.45) is 4.76. The van der Waals surface area contributed by atoms with Crippen molar-refractivity contribution in [2.45, 2.75) is 44.2 Å². The van der Waals surface area contributed by atoms with Crippen LogP contribution in [0.2, 0.25) is 0 Å². The van der Waals surface area contributed by atoms with Gasteiger partial charge in [-0.25, -0.2) is 0 Å². The Morgan fingerprint density at radius 3 is 2.60 bits per heavy atom. The Balaban J connectivity index is 1.66. The van der Waals surface area contributed by atoms with E-state index in [1.165, 1.54) is 12.8 Å². The average Bonchev–Trinajstić information content (AvgIpc) is 3.01. The Morgan fingerprint density at radius 2 is 2.00 bits per heavy atom. The number of hydrogen-bond donors (Lipinski definition) is 2. The zero-order valence-corrected chi connectivity index (χ0v) is 9.08. The molecule has 2 fully saturated rings. The average molecular weight is 212 g/mol. The van der Waals surface area contributed by atoms with Crippen LogP contribution in [-0.4, -0.2) is 31.2 Å². The molecule has 1 aliphatic heterocycles. The monoisotopic (exact) mass is 212 g/mol. The van der Waals surface area contributed by atoms with E-state index in [0.717, 1.165) is 26.1 Å². The van der Waals surface area contributed by atoms with E-state index in [-0.39, 0.29) is 11.9 Å². The normalized spacial score (nSPS) is 24.9. The summed E-state index contributed by atoms with van der Waals surface area (Å²) in [6.45, 7) is 1.53. The van der Waals surface area contributed by atoms with Crippen molar-refractivity contribution < 1.29 is 9.53 Å². The lowest BCUT2D eigenvalue weighted by Crippen LogP contribution is -2.41. The Labute approximate surface area is 90.5 Å². The van der Waals surface area contributed by atoms with Gasteiger partial charge in [-0.3, -0.25) is 4.79 Å². The first-order chi connectivity index (χ1) is 7.25. The SMILES string of the molecule is NC(CC(=O)NC1CCOCC1)C1CC1. The van der Waals surface area contributed by atoms with Gasteiger partial charge in [0.2, 0.25) is 5.91 Å². The summed E-state index contributed by atoms with van der Waals surface area (Å²) >= 11 is 0. The predicted molar refractivity (Wildman–Crippen MR) is 57.3 cm³/mol. The quantitative estimate of drug-likeness (QED) is 0.709. The van der Waals surface area contributed by atoms with E-state index in [2.05, 4.69) is 5.32 Å². The topological polar surface area (TPSA) is 64.4 Å². The van der Waals surface area contributed by atoms with E-state index in [0.29, 0.717) is 18.4 Å². The van der Waals surface area contributed by atoms with Gasteiger partial charge in [0.1, 0.15) is 0 Å². The van der Waals surface area contributed by atoms with Crippen LogP contribution in [0.4, 0.5) is 0 Å². The predicted octanol–water partition coefficient (Wildman–Crippen LogP) is 0.409. The number of rotatable bonds is 4. The third kappa shape index (κ3) is 3.47. The van der Waals surface area contributed by atoms with Crippen molar-refractivity contribution in [3.63, 3.8) is 0 Å². The van der Waals surface area contributed by atoms with Gasteiger partial charge in [-0.1, -0.05) is 0 Å². The Bertz CT molecular complexity index is 223. The molecule has 1 saturated carbocycles. The Morgan fingerprint density at radius 1 is 1.33 bits per heavy atom. The first-order valence-electron chi connectivity index (χ1n) is 5.88. The van der Waals surface area contributed by atoms with E-state index >= 15 is 0 Å². The summed E-state index contributed by atoms with van der Waals surface area (Å²) in [4.78, 5) is 11.6. The van der Waals surface area contributed by atoms with Gasteiger partial charge in [0.15, 0.2) is 0 Å². The maximum absolute atomic E-state index is 11.6. The summed E-state index contributed by atoms with van der Waals surface area (Å²) in [5.41, 5.74) is 5.90. The van der Waals surface area contributed by atoms with Gasteiger partial charge in [0.05, 0.1) is 0 Å². The highest BCUT2D eigenvalue weighted by molar-refractivity contribution is 5.77. The lowest BCUT2D eigenvalue weighted by molar-refractivity contribution is -0.122. The molecule has 3 N–H and O–H groups in total. The van der Waals surface area contributed by atoms with Crippen molar-refractivity contribution in [1.82, 2.24) is 5.32 Å². The minimum absolute atomic E-state index is 0.0739. The maximum atomic E-state index is 11.6. The highest BCUT2D eigenvalue weighted by Crippen LogP contribution is 2.32. The van der Waals surface area contributed by atoms with Crippen LogP contribution < -0.4 is 11.1 Å². The summed E-state index contributed by atoms with van der Waals surface area (Å²) < 4.78 is 5.23. The second-order valence-corrected chi connectivity index (χ2v) is 4.66. The minimum atomic E-state index is 0.0739. The van der Waals surface area contributed by atoms with Crippen LogP contribution in [0, 0.1) is 5.92 Å². The molecule has 2 rings (SSSR count). The fraction of sp³-hybridized carbons (Fsp3) is 0.909. The lowest BCUT2D eigenvalue weighted by atomic mass is 10.1. The third-order valence-electron chi connectivity index (χ3n) is 3.24. The maximum Gasteiger partial charge on any atom is 0.221 e. The molecule has 1 amide bonds.